The molecule has 1 aromatic carbocycles. The summed E-state index contributed by atoms with van der Waals surface area (Å²) in [6.45, 7) is 2.59. The molecule has 1 unspecified atom stereocenters. The van der Waals surface area contributed by atoms with Gasteiger partial charge in [0.1, 0.15) is 0 Å². The van der Waals surface area contributed by atoms with Crippen molar-refractivity contribution in [3.05, 3.63) is 29.3 Å². The molecule has 3 rings (SSSR count). The van der Waals surface area contributed by atoms with Gasteiger partial charge in [-0.2, -0.15) is 0 Å². The fourth-order valence-electron chi connectivity index (χ4n) is 2.94. The van der Waals surface area contributed by atoms with E-state index in [4.69, 9.17) is 4.74 Å². The summed E-state index contributed by atoms with van der Waals surface area (Å²) in [5.41, 5.74) is 3.19. The van der Waals surface area contributed by atoms with E-state index in [2.05, 4.69) is 10.6 Å². The minimum atomic E-state index is 0.0244. The van der Waals surface area contributed by atoms with Gasteiger partial charge in [-0.15, -0.1) is 0 Å². The maximum Gasteiger partial charge on any atom is 0.251 e. The maximum absolute atomic E-state index is 12.1. The van der Waals surface area contributed by atoms with E-state index in [0.29, 0.717) is 12.6 Å². The number of fused-ring (bicyclic) bond motifs is 1. The average molecular weight is 274 g/mol. The number of nitrogens with one attached hydrogen (secondary N) is 2. The van der Waals surface area contributed by atoms with E-state index in [1.807, 2.05) is 18.2 Å². The Bertz CT molecular complexity index is 481. The van der Waals surface area contributed by atoms with Crippen LogP contribution in [0.2, 0.25) is 0 Å². The molecule has 108 valence electrons. The van der Waals surface area contributed by atoms with Gasteiger partial charge in [-0.1, -0.05) is 0 Å². The largest absolute Gasteiger partial charge is 0.385 e. The van der Waals surface area contributed by atoms with E-state index in [1.54, 1.807) is 0 Å². The fourth-order valence-corrected chi connectivity index (χ4v) is 2.94. The highest BCUT2D eigenvalue weighted by atomic mass is 16.5. The van der Waals surface area contributed by atoms with Gasteiger partial charge in [0, 0.05) is 30.9 Å². The molecule has 20 heavy (non-hydrogen) atoms. The predicted octanol–water partition coefficient (Wildman–Crippen LogP) is 2.34. The monoisotopic (exact) mass is 274 g/mol. The Morgan fingerprint density at radius 2 is 2.35 bits per heavy atom. The lowest BCUT2D eigenvalue weighted by Crippen LogP contribution is -2.27. The molecule has 0 aliphatic carbocycles. The molecular weight excluding hydrogens is 252 g/mol. The molecule has 0 bridgehead atoms. The number of rotatable bonds is 4. The zero-order valence-electron chi connectivity index (χ0n) is 11.8. The first-order valence-electron chi connectivity index (χ1n) is 7.59. The van der Waals surface area contributed by atoms with Crippen LogP contribution in [0, 0.1) is 0 Å². The zero-order valence-corrected chi connectivity index (χ0v) is 11.8. The van der Waals surface area contributed by atoms with Crippen molar-refractivity contribution >= 4 is 11.6 Å². The molecule has 1 amide bonds. The van der Waals surface area contributed by atoms with Crippen LogP contribution in [0.5, 0.6) is 0 Å². The van der Waals surface area contributed by atoms with Gasteiger partial charge in [0.2, 0.25) is 0 Å². The first-order valence-corrected chi connectivity index (χ1v) is 7.59. The molecule has 0 saturated carbocycles. The van der Waals surface area contributed by atoms with Crippen molar-refractivity contribution in [3.63, 3.8) is 0 Å². The molecule has 2 aliphatic rings. The number of hydrogen-bond donors (Lipinski definition) is 2. The molecule has 2 heterocycles. The first-order chi connectivity index (χ1) is 9.83. The van der Waals surface area contributed by atoms with Crippen molar-refractivity contribution in [3.8, 4) is 0 Å². The quantitative estimate of drug-likeness (QED) is 0.886. The van der Waals surface area contributed by atoms with Gasteiger partial charge >= 0.3 is 0 Å². The van der Waals surface area contributed by atoms with Gasteiger partial charge in [0.05, 0.1) is 6.10 Å². The van der Waals surface area contributed by atoms with Gasteiger partial charge in [-0.25, -0.2) is 0 Å². The van der Waals surface area contributed by atoms with Crippen LogP contribution in [-0.4, -0.2) is 31.7 Å². The zero-order chi connectivity index (χ0) is 13.8. The van der Waals surface area contributed by atoms with Gasteiger partial charge in [-0.3, -0.25) is 4.79 Å². The highest BCUT2D eigenvalue weighted by molar-refractivity contribution is 5.94. The molecule has 0 spiro atoms. The van der Waals surface area contributed by atoms with Crippen molar-refractivity contribution in [1.82, 2.24) is 5.32 Å². The molecule has 0 aromatic heterocycles. The van der Waals surface area contributed by atoms with Gasteiger partial charge in [0.15, 0.2) is 0 Å². The second kappa shape index (κ2) is 6.27. The summed E-state index contributed by atoms with van der Waals surface area (Å²) in [5.74, 6) is 0.0244. The van der Waals surface area contributed by atoms with E-state index >= 15 is 0 Å². The summed E-state index contributed by atoms with van der Waals surface area (Å²) in [6, 6.07) is 5.94. The third kappa shape index (κ3) is 3.12. The number of anilines is 1. The summed E-state index contributed by atoms with van der Waals surface area (Å²) in [6.07, 6.45) is 5.72. The lowest BCUT2D eigenvalue weighted by molar-refractivity contribution is 0.0907. The number of carbonyl (C=O) groups excluding carboxylic acids is 1. The highest BCUT2D eigenvalue weighted by Crippen LogP contribution is 2.22. The van der Waals surface area contributed by atoms with Crippen LogP contribution in [0.1, 0.15) is 41.6 Å². The normalized spacial score (nSPS) is 21.1. The van der Waals surface area contributed by atoms with Gasteiger partial charge in [0.25, 0.3) is 5.91 Å². The summed E-state index contributed by atoms with van der Waals surface area (Å²) in [5, 5.41) is 6.35. The van der Waals surface area contributed by atoms with Crippen molar-refractivity contribution in [1.29, 1.82) is 0 Å². The second-order valence-electron chi connectivity index (χ2n) is 5.58. The van der Waals surface area contributed by atoms with Crippen LogP contribution in [0.3, 0.4) is 0 Å². The molecule has 1 atom stereocenters. The number of benzene rings is 1. The Balaban J connectivity index is 1.53. The molecule has 4 nitrogen and oxygen atoms in total. The smallest absolute Gasteiger partial charge is 0.251 e. The molecule has 4 heteroatoms. The third-order valence-corrected chi connectivity index (χ3v) is 4.08. The first kappa shape index (κ1) is 13.4. The lowest BCUT2D eigenvalue weighted by atomic mass is 10.0. The molecule has 2 N–H and O–H groups in total. The number of amides is 1. The van der Waals surface area contributed by atoms with Crippen LogP contribution in [0.4, 0.5) is 5.69 Å². The fraction of sp³-hybridized carbons (Fsp3) is 0.562. The summed E-state index contributed by atoms with van der Waals surface area (Å²) in [7, 11) is 0. The van der Waals surface area contributed by atoms with E-state index in [9.17, 15) is 4.79 Å². The molecule has 1 aromatic rings. The highest BCUT2D eigenvalue weighted by Gasteiger charge is 2.16. The lowest BCUT2D eigenvalue weighted by Gasteiger charge is -2.18. The number of ether oxygens (including phenoxy) is 1. The van der Waals surface area contributed by atoms with Crippen molar-refractivity contribution < 1.29 is 9.53 Å². The van der Waals surface area contributed by atoms with E-state index < -0.39 is 0 Å². The Morgan fingerprint density at radius 3 is 3.20 bits per heavy atom. The van der Waals surface area contributed by atoms with E-state index in [0.717, 1.165) is 50.8 Å². The Hall–Kier alpha value is -1.55. The molecule has 1 fully saturated rings. The summed E-state index contributed by atoms with van der Waals surface area (Å²) in [4.78, 5) is 12.1. The molecule has 2 aliphatic heterocycles. The van der Waals surface area contributed by atoms with E-state index in [-0.39, 0.29) is 5.91 Å². The third-order valence-electron chi connectivity index (χ3n) is 4.08. The summed E-state index contributed by atoms with van der Waals surface area (Å²) >= 11 is 0. The summed E-state index contributed by atoms with van der Waals surface area (Å²) < 4.78 is 5.56. The minimum absolute atomic E-state index is 0.0244. The van der Waals surface area contributed by atoms with Crippen LogP contribution >= 0.6 is 0 Å². The van der Waals surface area contributed by atoms with Crippen molar-refractivity contribution in [2.45, 2.75) is 38.2 Å². The molecule has 0 radical (unpaired) electrons. The topological polar surface area (TPSA) is 50.4 Å². The number of hydrogen-bond acceptors (Lipinski definition) is 3. The number of aryl methyl sites for hydroxylation is 1. The SMILES string of the molecule is O=C(NCCC1CCCO1)c1ccc2c(c1)CCCN2. The van der Waals surface area contributed by atoms with E-state index in [1.165, 1.54) is 11.3 Å². The van der Waals surface area contributed by atoms with Crippen LogP contribution in [-0.2, 0) is 11.2 Å². The molecule has 1 saturated heterocycles. The van der Waals surface area contributed by atoms with Crippen LogP contribution < -0.4 is 10.6 Å². The van der Waals surface area contributed by atoms with Gasteiger partial charge < -0.3 is 15.4 Å². The maximum atomic E-state index is 12.1. The minimum Gasteiger partial charge on any atom is -0.385 e. The predicted molar refractivity (Wildman–Crippen MR) is 79.2 cm³/mol. The second-order valence-corrected chi connectivity index (χ2v) is 5.58. The van der Waals surface area contributed by atoms with Gasteiger partial charge in [-0.05, 0) is 55.9 Å². The van der Waals surface area contributed by atoms with Crippen LogP contribution in [0.15, 0.2) is 18.2 Å². The molecular formula is C16H22N2O2. The standard InChI is InChI=1S/C16H22N2O2/c19-16(18-9-7-14-4-2-10-20-14)13-5-6-15-12(11-13)3-1-8-17-15/h5-6,11,14,17H,1-4,7-10H2,(H,18,19). The van der Waals surface area contributed by atoms with Crippen molar-refractivity contribution in [2.75, 3.05) is 25.0 Å². The van der Waals surface area contributed by atoms with Crippen molar-refractivity contribution in [2.24, 2.45) is 0 Å². The average Bonchev–Trinajstić information content (AvgIpc) is 3.00. The number of carbonyl (C=O) groups is 1. The Labute approximate surface area is 119 Å². The Kier molecular flexibility index (Phi) is 4.21. The Morgan fingerprint density at radius 1 is 1.40 bits per heavy atom. The van der Waals surface area contributed by atoms with Crippen LogP contribution in [0.25, 0.3) is 0 Å².